The number of amides is 1. The summed E-state index contributed by atoms with van der Waals surface area (Å²) in [4.78, 5) is 19.0. The molecule has 0 radical (unpaired) electrons. The summed E-state index contributed by atoms with van der Waals surface area (Å²) in [5.41, 5.74) is 3.05. The Kier molecular flexibility index (Phi) is 3.90. The number of anilines is 1. The first-order valence-electron chi connectivity index (χ1n) is 8.04. The Morgan fingerprint density at radius 1 is 1.00 bits per heavy atom. The molecule has 0 fully saturated rings. The summed E-state index contributed by atoms with van der Waals surface area (Å²) in [6, 6.07) is 19.4. The summed E-state index contributed by atoms with van der Waals surface area (Å²) in [5.74, 6) is -0.362. The average Bonchev–Trinajstić information content (AvgIpc) is 2.91. The third kappa shape index (κ3) is 2.96. The number of hydrogen-bond acceptors (Lipinski definition) is 3. The number of carbonyl (C=O) groups excluding carboxylic acids is 1. The van der Waals surface area contributed by atoms with E-state index >= 15 is 0 Å². The zero-order chi connectivity index (χ0) is 17.2. The molecule has 1 aliphatic rings. The molecule has 25 heavy (non-hydrogen) atoms. The van der Waals surface area contributed by atoms with Crippen LogP contribution in [0.4, 0.5) is 10.1 Å². The van der Waals surface area contributed by atoms with Gasteiger partial charge in [0.15, 0.2) is 0 Å². The van der Waals surface area contributed by atoms with Crippen LogP contribution in [0.2, 0.25) is 0 Å². The van der Waals surface area contributed by atoms with Crippen LogP contribution in [-0.4, -0.2) is 15.8 Å². The van der Waals surface area contributed by atoms with E-state index in [4.69, 9.17) is 0 Å². The number of rotatable bonds is 4. The molecule has 1 amide bonds. The smallest absolute Gasteiger partial charge is 0.258 e. The van der Waals surface area contributed by atoms with Crippen LogP contribution in [0.15, 0.2) is 72.9 Å². The molecule has 3 aromatic rings. The Balaban J connectivity index is 1.68. The fraction of sp³-hybridized carbons (Fsp3) is 0.100. The number of nitrogens with one attached hydrogen (secondary N) is 1. The molecular weight excluding hydrogens is 317 g/mol. The number of hydrogen-bond donors (Lipinski definition) is 1. The predicted molar refractivity (Wildman–Crippen MR) is 93.3 cm³/mol. The van der Waals surface area contributed by atoms with Crippen molar-refractivity contribution < 1.29 is 9.18 Å². The summed E-state index contributed by atoms with van der Waals surface area (Å²) >= 11 is 0. The first-order valence-corrected chi connectivity index (χ1v) is 8.04. The van der Waals surface area contributed by atoms with Crippen molar-refractivity contribution in [3.05, 3.63) is 95.6 Å². The summed E-state index contributed by atoms with van der Waals surface area (Å²) < 4.78 is 13.2. The first-order chi connectivity index (χ1) is 12.2. The van der Waals surface area contributed by atoms with E-state index in [0.29, 0.717) is 17.8 Å². The van der Waals surface area contributed by atoms with Crippen molar-refractivity contribution in [2.75, 3.05) is 5.32 Å². The lowest BCUT2D eigenvalue weighted by molar-refractivity contribution is 0.0728. The molecule has 1 unspecified atom stereocenters. The van der Waals surface area contributed by atoms with Crippen LogP contribution in [0.3, 0.4) is 0 Å². The minimum absolute atomic E-state index is 0.0634. The maximum atomic E-state index is 13.2. The van der Waals surface area contributed by atoms with Gasteiger partial charge >= 0.3 is 0 Å². The van der Waals surface area contributed by atoms with Crippen molar-refractivity contribution in [2.45, 2.75) is 12.7 Å². The van der Waals surface area contributed by atoms with E-state index in [-0.39, 0.29) is 11.7 Å². The fourth-order valence-corrected chi connectivity index (χ4v) is 3.03. The van der Waals surface area contributed by atoms with Crippen molar-refractivity contribution in [3.63, 3.8) is 0 Å². The van der Waals surface area contributed by atoms with Crippen molar-refractivity contribution in [3.8, 4) is 0 Å². The Hall–Kier alpha value is -3.21. The number of carbonyl (C=O) groups is 1. The van der Waals surface area contributed by atoms with Gasteiger partial charge in [0.25, 0.3) is 5.91 Å². The summed E-state index contributed by atoms with van der Waals surface area (Å²) in [6.07, 6.45) is 1.28. The van der Waals surface area contributed by atoms with E-state index in [1.807, 2.05) is 30.3 Å². The topological polar surface area (TPSA) is 45.2 Å². The molecule has 0 aliphatic carbocycles. The maximum absolute atomic E-state index is 13.2. The van der Waals surface area contributed by atoms with Crippen LogP contribution < -0.4 is 5.32 Å². The molecule has 0 saturated heterocycles. The molecule has 0 saturated carbocycles. The number of aromatic nitrogens is 1. The van der Waals surface area contributed by atoms with Crippen molar-refractivity contribution >= 4 is 11.6 Å². The predicted octanol–water partition coefficient (Wildman–Crippen LogP) is 3.99. The molecule has 1 atom stereocenters. The van der Waals surface area contributed by atoms with Crippen molar-refractivity contribution in [2.24, 2.45) is 0 Å². The second kappa shape index (κ2) is 6.36. The second-order valence-electron chi connectivity index (χ2n) is 5.91. The minimum atomic E-state index is -0.394. The van der Waals surface area contributed by atoms with Gasteiger partial charge in [-0.05, 0) is 42.0 Å². The van der Waals surface area contributed by atoms with Crippen LogP contribution in [0, 0.1) is 5.82 Å². The van der Waals surface area contributed by atoms with Crippen LogP contribution in [0.25, 0.3) is 0 Å². The van der Waals surface area contributed by atoms with E-state index in [1.54, 1.807) is 35.4 Å². The monoisotopic (exact) mass is 333 g/mol. The van der Waals surface area contributed by atoms with Crippen LogP contribution in [-0.2, 0) is 6.54 Å². The van der Waals surface area contributed by atoms with Crippen LogP contribution in [0.1, 0.15) is 27.8 Å². The molecule has 0 bridgehead atoms. The second-order valence-corrected chi connectivity index (χ2v) is 5.91. The standard InChI is InChI=1S/C20H16FN3O/c21-15-8-10-16(11-9-15)23-19-18-17(7-4-12-22-18)20(25)24(19)13-14-5-2-1-3-6-14/h1-12,19,23H,13H2. The van der Waals surface area contributed by atoms with Gasteiger partial charge in [-0.15, -0.1) is 0 Å². The molecule has 124 valence electrons. The van der Waals surface area contributed by atoms with Gasteiger partial charge in [0, 0.05) is 18.4 Å². The van der Waals surface area contributed by atoms with E-state index in [2.05, 4.69) is 10.3 Å². The van der Waals surface area contributed by atoms with E-state index in [0.717, 1.165) is 11.3 Å². The molecule has 2 aromatic carbocycles. The van der Waals surface area contributed by atoms with Crippen molar-refractivity contribution in [1.82, 2.24) is 9.88 Å². The lowest BCUT2D eigenvalue weighted by atomic mass is 10.2. The number of nitrogens with zero attached hydrogens (tertiary/aromatic N) is 2. The molecule has 1 aliphatic heterocycles. The van der Waals surface area contributed by atoms with Gasteiger partial charge in [0.2, 0.25) is 0 Å². The highest BCUT2D eigenvalue weighted by molar-refractivity contribution is 5.98. The highest BCUT2D eigenvalue weighted by Gasteiger charge is 2.37. The average molecular weight is 333 g/mol. The molecule has 1 N–H and O–H groups in total. The van der Waals surface area contributed by atoms with Gasteiger partial charge in [-0.2, -0.15) is 0 Å². The molecule has 5 heteroatoms. The molecule has 2 heterocycles. The minimum Gasteiger partial charge on any atom is -0.360 e. The SMILES string of the molecule is O=C1c2cccnc2C(Nc2ccc(F)cc2)N1Cc1ccccc1. The lowest BCUT2D eigenvalue weighted by Crippen LogP contribution is -2.32. The molecule has 4 rings (SSSR count). The Morgan fingerprint density at radius 3 is 2.52 bits per heavy atom. The number of halogens is 1. The van der Waals surface area contributed by atoms with E-state index in [1.165, 1.54) is 12.1 Å². The van der Waals surface area contributed by atoms with Gasteiger partial charge in [-0.25, -0.2) is 4.39 Å². The maximum Gasteiger partial charge on any atom is 0.258 e. The van der Waals surface area contributed by atoms with Gasteiger partial charge in [-0.3, -0.25) is 9.78 Å². The Labute approximate surface area is 144 Å². The zero-order valence-electron chi connectivity index (χ0n) is 13.4. The van der Waals surface area contributed by atoms with Gasteiger partial charge in [0.05, 0.1) is 11.3 Å². The van der Waals surface area contributed by atoms with Gasteiger partial charge < -0.3 is 10.2 Å². The fourth-order valence-electron chi connectivity index (χ4n) is 3.03. The third-order valence-electron chi connectivity index (χ3n) is 4.24. The highest BCUT2D eigenvalue weighted by Crippen LogP contribution is 2.34. The summed E-state index contributed by atoms with van der Waals surface area (Å²) in [5, 5.41) is 3.30. The zero-order valence-corrected chi connectivity index (χ0v) is 13.4. The van der Waals surface area contributed by atoms with Crippen molar-refractivity contribution in [1.29, 1.82) is 0 Å². The first kappa shape index (κ1) is 15.3. The summed E-state index contributed by atoms with van der Waals surface area (Å²) in [6.45, 7) is 0.467. The molecule has 4 nitrogen and oxygen atoms in total. The Morgan fingerprint density at radius 2 is 1.76 bits per heavy atom. The third-order valence-corrected chi connectivity index (χ3v) is 4.24. The summed E-state index contributed by atoms with van der Waals surface area (Å²) in [7, 11) is 0. The largest absolute Gasteiger partial charge is 0.360 e. The van der Waals surface area contributed by atoms with E-state index < -0.39 is 6.17 Å². The van der Waals surface area contributed by atoms with Gasteiger partial charge in [0.1, 0.15) is 12.0 Å². The number of benzene rings is 2. The normalized spacial score (nSPS) is 16.0. The quantitative estimate of drug-likeness (QED) is 0.785. The number of pyridine rings is 1. The van der Waals surface area contributed by atoms with E-state index in [9.17, 15) is 9.18 Å². The molecular formula is C20H16FN3O. The lowest BCUT2D eigenvalue weighted by Gasteiger charge is -2.26. The highest BCUT2D eigenvalue weighted by atomic mass is 19.1. The molecule has 0 spiro atoms. The molecule has 1 aromatic heterocycles. The van der Waals surface area contributed by atoms with Crippen LogP contribution in [0.5, 0.6) is 0 Å². The Bertz CT molecular complexity index is 896. The van der Waals surface area contributed by atoms with Gasteiger partial charge in [-0.1, -0.05) is 30.3 Å². The van der Waals surface area contributed by atoms with Crippen LogP contribution >= 0.6 is 0 Å². The number of fused-ring (bicyclic) bond motifs is 1.